The van der Waals surface area contributed by atoms with Crippen molar-refractivity contribution >= 4 is 5.78 Å². The summed E-state index contributed by atoms with van der Waals surface area (Å²) in [6, 6.07) is 4.21. The van der Waals surface area contributed by atoms with Crippen molar-refractivity contribution in [2.24, 2.45) is 11.8 Å². The summed E-state index contributed by atoms with van der Waals surface area (Å²) in [5.41, 5.74) is 0.429. The lowest BCUT2D eigenvalue weighted by Crippen LogP contribution is -2.35. The first kappa shape index (κ1) is 16.5. The van der Waals surface area contributed by atoms with E-state index in [0.717, 1.165) is 13.1 Å². The van der Waals surface area contributed by atoms with E-state index in [1.165, 1.54) is 12.1 Å². The van der Waals surface area contributed by atoms with E-state index in [1.807, 2.05) is 0 Å². The van der Waals surface area contributed by atoms with Crippen LogP contribution in [0.3, 0.4) is 0 Å². The van der Waals surface area contributed by atoms with Crippen LogP contribution >= 0.6 is 0 Å². The molecule has 0 spiro atoms. The zero-order valence-corrected chi connectivity index (χ0v) is 12.8. The maximum atomic E-state index is 12.2. The van der Waals surface area contributed by atoms with Gasteiger partial charge in [-0.15, -0.1) is 0 Å². The summed E-state index contributed by atoms with van der Waals surface area (Å²) in [6.07, 6.45) is 0. The predicted molar refractivity (Wildman–Crippen MR) is 80.2 cm³/mol. The Morgan fingerprint density at radius 3 is 2.05 bits per heavy atom. The zero-order chi connectivity index (χ0) is 15.3. The van der Waals surface area contributed by atoms with Crippen LogP contribution in [0.4, 0.5) is 0 Å². The number of carbonyl (C=O) groups excluding carboxylic acids is 1. The molecule has 0 amide bonds. The van der Waals surface area contributed by atoms with E-state index in [-0.39, 0.29) is 17.3 Å². The van der Waals surface area contributed by atoms with Crippen LogP contribution in [0, 0.1) is 11.8 Å². The van der Waals surface area contributed by atoms with E-state index in [1.54, 1.807) is 6.07 Å². The zero-order valence-electron chi connectivity index (χ0n) is 12.8. The van der Waals surface area contributed by atoms with Gasteiger partial charge in [-0.05, 0) is 30.0 Å². The molecule has 0 fully saturated rings. The van der Waals surface area contributed by atoms with Gasteiger partial charge in [0.25, 0.3) is 0 Å². The first-order valence-corrected chi connectivity index (χ1v) is 7.07. The number of hydrogen-bond donors (Lipinski definition) is 2. The smallest absolute Gasteiger partial charge is 0.176 e. The van der Waals surface area contributed by atoms with Crippen LogP contribution in [-0.2, 0) is 0 Å². The van der Waals surface area contributed by atoms with Crippen molar-refractivity contribution in [3.05, 3.63) is 23.8 Å². The molecule has 0 bridgehead atoms. The fraction of sp³-hybridized carbons (Fsp3) is 0.562. The van der Waals surface area contributed by atoms with E-state index < -0.39 is 0 Å². The molecule has 0 aromatic heterocycles. The van der Waals surface area contributed by atoms with Crippen LogP contribution < -0.4 is 0 Å². The third-order valence-electron chi connectivity index (χ3n) is 2.91. The Hall–Kier alpha value is -1.55. The average molecular weight is 279 g/mol. The maximum absolute atomic E-state index is 12.2. The van der Waals surface area contributed by atoms with Gasteiger partial charge in [0.05, 0.1) is 6.54 Å². The van der Waals surface area contributed by atoms with Crippen molar-refractivity contribution < 1.29 is 15.0 Å². The number of benzene rings is 1. The van der Waals surface area contributed by atoms with Gasteiger partial charge in [-0.1, -0.05) is 27.7 Å². The molecule has 0 saturated heterocycles. The normalized spacial score (nSPS) is 11.6. The number of carbonyl (C=O) groups is 1. The second kappa shape index (κ2) is 7.29. The highest BCUT2D eigenvalue weighted by molar-refractivity contribution is 5.98. The number of Topliss-reactive ketones (excluding diaryl/α,β-unsaturated/α-hetero) is 1. The van der Waals surface area contributed by atoms with Crippen LogP contribution in [0.2, 0.25) is 0 Å². The van der Waals surface area contributed by atoms with Crippen molar-refractivity contribution in [1.82, 2.24) is 4.90 Å². The Labute approximate surface area is 121 Å². The highest BCUT2D eigenvalue weighted by Gasteiger charge is 2.16. The fourth-order valence-electron chi connectivity index (χ4n) is 2.23. The van der Waals surface area contributed by atoms with Crippen molar-refractivity contribution in [2.45, 2.75) is 27.7 Å². The Morgan fingerprint density at radius 2 is 1.60 bits per heavy atom. The van der Waals surface area contributed by atoms with Gasteiger partial charge in [0.1, 0.15) is 0 Å². The van der Waals surface area contributed by atoms with Gasteiger partial charge in [0, 0.05) is 18.7 Å². The molecule has 4 nitrogen and oxygen atoms in total. The molecule has 0 heterocycles. The van der Waals surface area contributed by atoms with Crippen LogP contribution in [-0.4, -0.2) is 40.5 Å². The van der Waals surface area contributed by atoms with Crippen molar-refractivity contribution in [2.75, 3.05) is 19.6 Å². The molecular weight excluding hydrogens is 254 g/mol. The van der Waals surface area contributed by atoms with Crippen molar-refractivity contribution in [1.29, 1.82) is 0 Å². The average Bonchev–Trinajstić information content (AvgIpc) is 2.30. The van der Waals surface area contributed by atoms with Crippen LogP contribution in [0.1, 0.15) is 38.1 Å². The monoisotopic (exact) mass is 279 g/mol. The molecule has 0 saturated carbocycles. The summed E-state index contributed by atoms with van der Waals surface area (Å²) in [6.45, 7) is 10.6. The van der Waals surface area contributed by atoms with Gasteiger partial charge >= 0.3 is 0 Å². The third-order valence-corrected chi connectivity index (χ3v) is 2.91. The van der Waals surface area contributed by atoms with Gasteiger partial charge in [-0.3, -0.25) is 9.69 Å². The fourth-order valence-corrected chi connectivity index (χ4v) is 2.23. The van der Waals surface area contributed by atoms with Gasteiger partial charge in [-0.25, -0.2) is 0 Å². The second-order valence-corrected chi connectivity index (χ2v) is 6.11. The number of phenols is 2. The minimum atomic E-state index is -0.255. The SMILES string of the molecule is CC(C)CN(CC(=O)c1ccc(O)c(O)c1)CC(C)C. The number of aromatic hydroxyl groups is 2. The third kappa shape index (κ3) is 5.21. The molecule has 20 heavy (non-hydrogen) atoms. The lowest BCUT2D eigenvalue weighted by molar-refractivity contribution is 0.0912. The Bertz CT molecular complexity index is 445. The van der Waals surface area contributed by atoms with E-state index >= 15 is 0 Å². The summed E-state index contributed by atoms with van der Waals surface area (Å²) in [5.74, 6) is 0.490. The molecule has 0 unspecified atom stereocenters. The molecule has 1 aromatic rings. The molecule has 0 aliphatic carbocycles. The Kier molecular flexibility index (Phi) is 6.02. The van der Waals surface area contributed by atoms with Gasteiger partial charge in [0.2, 0.25) is 0 Å². The van der Waals surface area contributed by atoms with Crippen LogP contribution in [0.15, 0.2) is 18.2 Å². The first-order chi connectivity index (χ1) is 9.29. The lowest BCUT2D eigenvalue weighted by Gasteiger charge is -2.25. The number of hydrogen-bond acceptors (Lipinski definition) is 4. The number of phenolic OH excluding ortho intramolecular Hbond substituents is 2. The predicted octanol–water partition coefficient (Wildman–Crippen LogP) is 2.89. The molecule has 2 N–H and O–H groups in total. The minimum absolute atomic E-state index is 0.0402. The van der Waals surface area contributed by atoms with Crippen LogP contribution in [0.25, 0.3) is 0 Å². The molecule has 112 valence electrons. The lowest BCUT2D eigenvalue weighted by atomic mass is 10.1. The summed E-state index contributed by atoms with van der Waals surface area (Å²) < 4.78 is 0. The topological polar surface area (TPSA) is 60.8 Å². The van der Waals surface area contributed by atoms with Gasteiger partial charge in [0.15, 0.2) is 17.3 Å². The van der Waals surface area contributed by atoms with Crippen molar-refractivity contribution in [3.8, 4) is 11.5 Å². The number of ketones is 1. The molecule has 0 radical (unpaired) electrons. The molecule has 4 heteroatoms. The van der Waals surface area contributed by atoms with Gasteiger partial charge in [-0.2, -0.15) is 0 Å². The molecule has 0 aliphatic rings. The summed E-state index contributed by atoms with van der Waals surface area (Å²) in [4.78, 5) is 14.4. The van der Waals surface area contributed by atoms with Gasteiger partial charge < -0.3 is 10.2 Å². The van der Waals surface area contributed by atoms with E-state index in [2.05, 4.69) is 32.6 Å². The largest absolute Gasteiger partial charge is 0.504 e. The van der Waals surface area contributed by atoms with E-state index in [0.29, 0.717) is 23.9 Å². The molecular formula is C16H25NO3. The maximum Gasteiger partial charge on any atom is 0.176 e. The van der Waals surface area contributed by atoms with E-state index in [9.17, 15) is 15.0 Å². The van der Waals surface area contributed by atoms with E-state index in [4.69, 9.17) is 0 Å². The minimum Gasteiger partial charge on any atom is -0.504 e. The quantitative estimate of drug-likeness (QED) is 0.595. The summed E-state index contributed by atoms with van der Waals surface area (Å²) in [7, 11) is 0. The highest BCUT2D eigenvalue weighted by Crippen LogP contribution is 2.25. The molecule has 0 atom stereocenters. The standard InChI is InChI=1S/C16H25NO3/c1-11(2)8-17(9-12(3)4)10-16(20)13-5-6-14(18)15(19)7-13/h5-7,11-12,18-19H,8-10H2,1-4H3. The van der Waals surface area contributed by atoms with Crippen LogP contribution in [0.5, 0.6) is 11.5 Å². The summed E-state index contributed by atoms with van der Waals surface area (Å²) in [5, 5.41) is 18.7. The molecule has 1 rings (SSSR count). The van der Waals surface area contributed by atoms with Crippen molar-refractivity contribution in [3.63, 3.8) is 0 Å². The molecule has 1 aromatic carbocycles. The summed E-state index contributed by atoms with van der Waals surface area (Å²) >= 11 is 0. The first-order valence-electron chi connectivity index (χ1n) is 7.07. The Balaban J connectivity index is 2.76. The number of rotatable bonds is 7. The highest BCUT2D eigenvalue weighted by atomic mass is 16.3. The molecule has 0 aliphatic heterocycles. The second-order valence-electron chi connectivity index (χ2n) is 6.11. The Morgan fingerprint density at radius 1 is 1.05 bits per heavy atom. The number of nitrogens with zero attached hydrogens (tertiary/aromatic N) is 1.